The topological polar surface area (TPSA) is 27.8 Å². The molecule has 0 aliphatic heterocycles. The average molecular weight is 274 g/mol. The summed E-state index contributed by atoms with van der Waals surface area (Å²) in [4.78, 5) is 3.32. The lowest BCUT2D eigenvalue weighted by molar-refractivity contribution is 0.796. The molecule has 0 amide bonds. The molecule has 0 saturated carbocycles. The van der Waals surface area contributed by atoms with Crippen LogP contribution in [0.1, 0.15) is 5.69 Å². The first-order valence-corrected chi connectivity index (χ1v) is 5.49. The first-order chi connectivity index (χ1) is 6.72. The first-order valence-electron chi connectivity index (χ1n) is 4.32. The van der Waals surface area contributed by atoms with E-state index in [1.54, 1.807) is 0 Å². The fourth-order valence-corrected chi connectivity index (χ4v) is 2.23. The molecule has 4 heteroatoms. The summed E-state index contributed by atoms with van der Waals surface area (Å²) in [5, 5.41) is 4.99. The summed E-state index contributed by atoms with van der Waals surface area (Å²) in [5.41, 5.74) is 2.25. The minimum Gasteiger partial charge on any atom is -0.356 e. The third kappa shape index (κ3) is 1.67. The van der Waals surface area contributed by atoms with Crippen LogP contribution in [0.2, 0.25) is 5.02 Å². The molecule has 1 aromatic carbocycles. The predicted octanol–water partition coefficient (Wildman–Crippen LogP) is 3.30. The predicted molar refractivity (Wildman–Crippen MR) is 63.8 cm³/mol. The van der Waals surface area contributed by atoms with Crippen LogP contribution < -0.4 is 5.32 Å². The smallest absolute Gasteiger partial charge is 0.0475 e. The van der Waals surface area contributed by atoms with Gasteiger partial charge in [-0.2, -0.15) is 0 Å². The fraction of sp³-hybridized carbons (Fsp3) is 0.200. The molecule has 2 N–H and O–H groups in total. The van der Waals surface area contributed by atoms with Crippen LogP contribution in [0.25, 0.3) is 10.9 Å². The maximum absolute atomic E-state index is 5.93. The quantitative estimate of drug-likeness (QED) is 0.863. The van der Waals surface area contributed by atoms with E-state index in [4.69, 9.17) is 11.6 Å². The molecule has 0 aliphatic rings. The highest BCUT2D eigenvalue weighted by molar-refractivity contribution is 9.10. The summed E-state index contributed by atoms with van der Waals surface area (Å²) in [6.07, 6.45) is 0. The minimum atomic E-state index is 0.758. The number of nitrogens with one attached hydrogen (secondary N) is 2. The van der Waals surface area contributed by atoms with E-state index in [-0.39, 0.29) is 0 Å². The van der Waals surface area contributed by atoms with E-state index in [9.17, 15) is 0 Å². The molecule has 0 aliphatic carbocycles. The number of fused-ring (bicyclic) bond motifs is 1. The molecule has 0 saturated heterocycles. The Morgan fingerprint density at radius 1 is 1.50 bits per heavy atom. The van der Waals surface area contributed by atoms with E-state index >= 15 is 0 Å². The SMILES string of the molecule is CNCc1[nH]c2ccc(Cl)cc2c1Br. The second-order valence-electron chi connectivity index (χ2n) is 3.14. The Hall–Kier alpha value is -0.510. The molecule has 0 spiro atoms. The third-order valence-corrected chi connectivity index (χ3v) is 3.26. The van der Waals surface area contributed by atoms with Crippen LogP contribution >= 0.6 is 27.5 Å². The summed E-state index contributed by atoms with van der Waals surface area (Å²) in [6.45, 7) is 0.812. The second-order valence-corrected chi connectivity index (χ2v) is 4.37. The standard InChI is InChI=1S/C10H10BrClN2/c1-13-5-9-10(11)7-4-6(12)2-3-8(7)14-9/h2-4,13-14H,5H2,1H3. The van der Waals surface area contributed by atoms with Gasteiger partial charge in [0.15, 0.2) is 0 Å². The van der Waals surface area contributed by atoms with Gasteiger partial charge in [-0.15, -0.1) is 0 Å². The van der Waals surface area contributed by atoms with Gasteiger partial charge in [0.2, 0.25) is 0 Å². The summed E-state index contributed by atoms with van der Waals surface area (Å²) in [6, 6.07) is 5.83. The molecule has 0 atom stereocenters. The number of aromatic nitrogens is 1. The summed E-state index contributed by atoms with van der Waals surface area (Å²) < 4.78 is 1.09. The highest BCUT2D eigenvalue weighted by Gasteiger charge is 2.07. The van der Waals surface area contributed by atoms with Crippen LogP contribution in [0, 0.1) is 0 Å². The zero-order valence-corrected chi connectivity index (χ0v) is 10.0. The molecule has 14 heavy (non-hydrogen) atoms. The first kappa shape index (κ1) is 10.0. The van der Waals surface area contributed by atoms with Gasteiger partial charge in [0.05, 0.1) is 0 Å². The monoisotopic (exact) mass is 272 g/mol. The molecule has 2 rings (SSSR count). The number of hydrogen-bond donors (Lipinski definition) is 2. The van der Waals surface area contributed by atoms with Gasteiger partial charge in [-0.1, -0.05) is 11.6 Å². The molecular weight excluding hydrogens is 263 g/mol. The van der Waals surface area contributed by atoms with Crippen LogP contribution in [0.3, 0.4) is 0 Å². The molecule has 0 radical (unpaired) electrons. The second kappa shape index (κ2) is 3.93. The Balaban J connectivity index is 2.62. The lowest BCUT2D eigenvalue weighted by Gasteiger charge is -1.95. The van der Waals surface area contributed by atoms with Crippen molar-refractivity contribution in [1.29, 1.82) is 0 Å². The molecule has 74 valence electrons. The Kier molecular flexibility index (Phi) is 2.81. The number of rotatable bonds is 2. The van der Waals surface area contributed by atoms with Crippen LogP contribution in [0.4, 0.5) is 0 Å². The van der Waals surface area contributed by atoms with Gasteiger partial charge < -0.3 is 10.3 Å². The lowest BCUT2D eigenvalue weighted by atomic mass is 10.2. The van der Waals surface area contributed by atoms with Gasteiger partial charge >= 0.3 is 0 Å². The largest absolute Gasteiger partial charge is 0.356 e. The number of H-pyrrole nitrogens is 1. The van der Waals surface area contributed by atoms with Crippen molar-refractivity contribution < 1.29 is 0 Å². The van der Waals surface area contributed by atoms with E-state index in [0.29, 0.717) is 0 Å². The van der Waals surface area contributed by atoms with Crippen LogP contribution in [-0.4, -0.2) is 12.0 Å². The fourth-order valence-electron chi connectivity index (χ4n) is 1.49. The van der Waals surface area contributed by atoms with Crippen molar-refractivity contribution in [2.45, 2.75) is 6.54 Å². The molecule has 0 unspecified atom stereocenters. The van der Waals surface area contributed by atoms with E-state index in [1.165, 1.54) is 0 Å². The van der Waals surface area contributed by atoms with Gasteiger partial charge in [0, 0.05) is 32.6 Å². The highest BCUT2D eigenvalue weighted by atomic mass is 79.9. The van der Waals surface area contributed by atoms with Gasteiger partial charge in [-0.05, 0) is 41.2 Å². The highest BCUT2D eigenvalue weighted by Crippen LogP contribution is 2.29. The molecular formula is C10H10BrClN2. The zero-order valence-electron chi connectivity index (χ0n) is 7.70. The Labute approximate surface area is 95.8 Å². The summed E-state index contributed by atoms with van der Waals surface area (Å²) in [7, 11) is 1.92. The van der Waals surface area contributed by atoms with Crippen molar-refractivity contribution in [3.05, 3.63) is 33.4 Å². The Bertz CT molecular complexity index is 464. The molecule has 2 aromatic rings. The van der Waals surface area contributed by atoms with Gasteiger partial charge in [-0.25, -0.2) is 0 Å². The number of halogens is 2. The van der Waals surface area contributed by atoms with Gasteiger partial charge in [0.25, 0.3) is 0 Å². The average Bonchev–Trinajstić information content (AvgIpc) is 2.46. The van der Waals surface area contributed by atoms with Crippen LogP contribution in [0.5, 0.6) is 0 Å². The van der Waals surface area contributed by atoms with Crippen molar-refractivity contribution in [2.75, 3.05) is 7.05 Å². The van der Waals surface area contributed by atoms with E-state index < -0.39 is 0 Å². The van der Waals surface area contributed by atoms with Gasteiger partial charge in [-0.3, -0.25) is 0 Å². The van der Waals surface area contributed by atoms with Gasteiger partial charge in [0.1, 0.15) is 0 Å². The van der Waals surface area contributed by atoms with Crippen LogP contribution in [0.15, 0.2) is 22.7 Å². The van der Waals surface area contributed by atoms with Crippen molar-refractivity contribution in [1.82, 2.24) is 10.3 Å². The maximum Gasteiger partial charge on any atom is 0.0475 e. The van der Waals surface area contributed by atoms with Crippen molar-refractivity contribution in [3.8, 4) is 0 Å². The zero-order chi connectivity index (χ0) is 10.1. The van der Waals surface area contributed by atoms with Crippen molar-refractivity contribution in [3.63, 3.8) is 0 Å². The van der Waals surface area contributed by atoms with Crippen molar-refractivity contribution >= 4 is 38.4 Å². The van der Waals surface area contributed by atoms with Crippen LogP contribution in [-0.2, 0) is 6.54 Å². The van der Waals surface area contributed by atoms with E-state index in [0.717, 1.165) is 32.6 Å². The summed E-state index contributed by atoms with van der Waals surface area (Å²) >= 11 is 9.48. The number of aromatic amines is 1. The minimum absolute atomic E-state index is 0.758. The third-order valence-electron chi connectivity index (χ3n) is 2.12. The lowest BCUT2D eigenvalue weighted by Crippen LogP contribution is -2.05. The normalized spacial score (nSPS) is 11.1. The Morgan fingerprint density at radius 3 is 3.00 bits per heavy atom. The molecule has 2 nitrogen and oxygen atoms in total. The molecule has 1 aromatic heterocycles. The number of benzene rings is 1. The van der Waals surface area contributed by atoms with E-state index in [1.807, 2.05) is 25.2 Å². The van der Waals surface area contributed by atoms with E-state index in [2.05, 4.69) is 26.2 Å². The maximum atomic E-state index is 5.93. The molecule has 0 bridgehead atoms. The Morgan fingerprint density at radius 2 is 2.29 bits per heavy atom. The molecule has 1 heterocycles. The molecule has 0 fully saturated rings. The number of hydrogen-bond acceptors (Lipinski definition) is 1. The van der Waals surface area contributed by atoms with Crippen molar-refractivity contribution in [2.24, 2.45) is 0 Å². The summed E-state index contributed by atoms with van der Waals surface area (Å²) in [5.74, 6) is 0.